The number of H-pyrrole nitrogens is 1. The quantitative estimate of drug-likeness (QED) is 0.828. The summed E-state index contributed by atoms with van der Waals surface area (Å²) in [5.41, 5.74) is 0. The van der Waals surface area contributed by atoms with E-state index < -0.39 is 0 Å². The second-order valence-corrected chi connectivity index (χ2v) is 6.54. The number of amides is 1. The Labute approximate surface area is 133 Å². The maximum Gasteiger partial charge on any atom is 0.233 e. The molecule has 3 rings (SSSR count). The van der Waals surface area contributed by atoms with Crippen molar-refractivity contribution < 1.29 is 9.21 Å². The highest BCUT2D eigenvalue weighted by atomic mass is 32.2. The van der Waals surface area contributed by atoms with Gasteiger partial charge in [-0.05, 0) is 25.0 Å². The van der Waals surface area contributed by atoms with Crippen LogP contribution in [0.4, 0.5) is 0 Å². The fourth-order valence-corrected chi connectivity index (χ4v) is 3.41. The fourth-order valence-electron chi connectivity index (χ4n) is 2.67. The summed E-state index contributed by atoms with van der Waals surface area (Å²) in [4.78, 5) is 18.3. The first kappa shape index (κ1) is 15.1. The number of nitrogens with zero attached hydrogens (tertiary/aromatic N) is 3. The zero-order chi connectivity index (χ0) is 15.4. The third-order valence-corrected chi connectivity index (χ3v) is 4.78. The summed E-state index contributed by atoms with van der Waals surface area (Å²) in [5, 5.41) is 7.87. The van der Waals surface area contributed by atoms with Crippen LogP contribution in [0.5, 0.6) is 0 Å². The molecule has 0 aliphatic heterocycles. The molecule has 0 bridgehead atoms. The molecule has 2 heterocycles. The number of aromatic amines is 1. The van der Waals surface area contributed by atoms with Gasteiger partial charge in [-0.2, -0.15) is 0 Å². The highest BCUT2D eigenvalue weighted by molar-refractivity contribution is 7.99. The van der Waals surface area contributed by atoms with Gasteiger partial charge in [0.1, 0.15) is 11.6 Å². The number of thioether (sulfide) groups is 1. The second kappa shape index (κ2) is 7.00. The maximum absolute atomic E-state index is 12.1. The molecule has 2 aromatic heterocycles. The van der Waals surface area contributed by atoms with E-state index in [0.717, 1.165) is 11.6 Å². The highest BCUT2D eigenvalue weighted by Gasteiger charge is 2.21. The van der Waals surface area contributed by atoms with E-state index in [1.54, 1.807) is 18.2 Å². The predicted molar refractivity (Wildman–Crippen MR) is 83.5 cm³/mol. The first-order valence-corrected chi connectivity index (χ1v) is 8.52. The molecular weight excluding hydrogens is 300 g/mol. The first-order chi connectivity index (χ1) is 10.7. The van der Waals surface area contributed by atoms with E-state index in [9.17, 15) is 4.79 Å². The predicted octanol–water partition coefficient (Wildman–Crippen LogP) is 2.81. The van der Waals surface area contributed by atoms with Gasteiger partial charge in [0, 0.05) is 13.0 Å². The Kier molecular flexibility index (Phi) is 4.82. The Morgan fingerprint density at radius 1 is 1.50 bits per heavy atom. The lowest BCUT2D eigenvalue weighted by Crippen LogP contribution is -2.27. The monoisotopic (exact) mass is 320 g/mol. The van der Waals surface area contributed by atoms with Crippen molar-refractivity contribution in [3.05, 3.63) is 30.0 Å². The van der Waals surface area contributed by atoms with Crippen molar-refractivity contribution in [3.8, 4) is 0 Å². The van der Waals surface area contributed by atoms with Crippen molar-refractivity contribution in [2.24, 2.45) is 0 Å². The van der Waals surface area contributed by atoms with Gasteiger partial charge < -0.3 is 9.32 Å². The Hall–Kier alpha value is -1.76. The van der Waals surface area contributed by atoms with Gasteiger partial charge in [-0.25, -0.2) is 4.98 Å². The van der Waals surface area contributed by atoms with Gasteiger partial charge in [0.15, 0.2) is 0 Å². The number of furan rings is 1. The van der Waals surface area contributed by atoms with Crippen LogP contribution in [-0.2, 0) is 11.3 Å². The molecule has 2 aromatic rings. The molecule has 7 heteroatoms. The topological polar surface area (TPSA) is 75.0 Å². The number of rotatable bonds is 6. The van der Waals surface area contributed by atoms with Crippen LogP contribution in [0.15, 0.2) is 28.0 Å². The van der Waals surface area contributed by atoms with Gasteiger partial charge in [0.05, 0.1) is 18.6 Å². The molecule has 6 nitrogen and oxygen atoms in total. The second-order valence-electron chi connectivity index (χ2n) is 5.60. The van der Waals surface area contributed by atoms with Crippen LogP contribution in [0.1, 0.15) is 43.2 Å². The fraction of sp³-hybridized carbons (Fsp3) is 0.533. The Morgan fingerprint density at radius 2 is 2.32 bits per heavy atom. The van der Waals surface area contributed by atoms with Crippen LogP contribution in [0.25, 0.3) is 0 Å². The average molecular weight is 320 g/mol. The van der Waals surface area contributed by atoms with Crippen LogP contribution in [0.3, 0.4) is 0 Å². The van der Waals surface area contributed by atoms with Crippen LogP contribution in [-0.4, -0.2) is 38.8 Å². The van der Waals surface area contributed by atoms with Gasteiger partial charge in [0.2, 0.25) is 11.1 Å². The molecular formula is C15H20N4O2S. The van der Waals surface area contributed by atoms with Gasteiger partial charge in [0.25, 0.3) is 0 Å². The zero-order valence-corrected chi connectivity index (χ0v) is 13.4. The summed E-state index contributed by atoms with van der Waals surface area (Å²) < 4.78 is 5.25. The summed E-state index contributed by atoms with van der Waals surface area (Å²) in [5.74, 6) is 2.63. The number of hydrogen-bond donors (Lipinski definition) is 1. The maximum atomic E-state index is 12.1. The Balaban J connectivity index is 1.48. The average Bonchev–Trinajstić information content (AvgIpc) is 3.25. The molecule has 1 amide bonds. The minimum Gasteiger partial charge on any atom is -0.467 e. The highest BCUT2D eigenvalue weighted by Crippen LogP contribution is 2.32. The summed E-state index contributed by atoms with van der Waals surface area (Å²) in [6.45, 7) is 0.480. The molecule has 1 aliphatic rings. The van der Waals surface area contributed by atoms with E-state index in [-0.39, 0.29) is 5.91 Å². The molecule has 0 atom stereocenters. The molecule has 1 aliphatic carbocycles. The molecule has 0 spiro atoms. The summed E-state index contributed by atoms with van der Waals surface area (Å²) >= 11 is 1.37. The van der Waals surface area contributed by atoms with Gasteiger partial charge in [-0.3, -0.25) is 9.89 Å². The molecule has 0 unspecified atom stereocenters. The van der Waals surface area contributed by atoms with Gasteiger partial charge >= 0.3 is 0 Å². The Bertz CT molecular complexity index is 605. The number of nitrogens with one attached hydrogen (secondary N) is 1. The molecule has 1 N–H and O–H groups in total. The van der Waals surface area contributed by atoms with E-state index in [2.05, 4.69) is 15.2 Å². The smallest absolute Gasteiger partial charge is 0.233 e. The SMILES string of the molecule is CN(Cc1ccco1)C(=O)CSc1n[nH]c(C2CCCC2)n1. The molecule has 22 heavy (non-hydrogen) atoms. The van der Waals surface area contributed by atoms with E-state index in [0.29, 0.717) is 23.4 Å². The third-order valence-electron chi connectivity index (χ3n) is 3.95. The van der Waals surface area contributed by atoms with Crippen LogP contribution < -0.4 is 0 Å². The molecule has 0 radical (unpaired) electrons. The van der Waals surface area contributed by atoms with E-state index >= 15 is 0 Å². The molecule has 1 fully saturated rings. The van der Waals surface area contributed by atoms with Crippen LogP contribution in [0.2, 0.25) is 0 Å². The zero-order valence-electron chi connectivity index (χ0n) is 12.6. The molecule has 1 saturated carbocycles. The van der Waals surface area contributed by atoms with Crippen molar-refractivity contribution in [1.29, 1.82) is 0 Å². The molecule has 118 valence electrons. The van der Waals surface area contributed by atoms with Gasteiger partial charge in [-0.15, -0.1) is 5.10 Å². The minimum absolute atomic E-state index is 0.0358. The normalized spacial score (nSPS) is 15.3. The summed E-state index contributed by atoms with van der Waals surface area (Å²) in [6.07, 6.45) is 6.52. The lowest BCUT2D eigenvalue weighted by atomic mass is 10.1. The van der Waals surface area contributed by atoms with E-state index in [4.69, 9.17) is 4.42 Å². The van der Waals surface area contributed by atoms with Crippen molar-refractivity contribution in [3.63, 3.8) is 0 Å². The largest absolute Gasteiger partial charge is 0.467 e. The summed E-state index contributed by atoms with van der Waals surface area (Å²) in [7, 11) is 1.77. The van der Waals surface area contributed by atoms with Gasteiger partial charge in [-0.1, -0.05) is 24.6 Å². The van der Waals surface area contributed by atoms with Crippen molar-refractivity contribution in [1.82, 2.24) is 20.1 Å². The standard InChI is InChI=1S/C15H20N4O2S/c1-19(9-12-7-4-8-21-12)13(20)10-22-15-16-14(17-18-15)11-5-2-3-6-11/h4,7-8,11H,2-3,5-6,9-10H2,1H3,(H,16,17,18). The van der Waals surface area contributed by atoms with Crippen molar-refractivity contribution in [2.75, 3.05) is 12.8 Å². The van der Waals surface area contributed by atoms with Crippen LogP contribution >= 0.6 is 11.8 Å². The third kappa shape index (κ3) is 3.71. The summed E-state index contributed by atoms with van der Waals surface area (Å²) in [6, 6.07) is 3.68. The van der Waals surface area contributed by atoms with E-state index in [1.165, 1.54) is 37.4 Å². The first-order valence-electron chi connectivity index (χ1n) is 7.54. The minimum atomic E-state index is 0.0358. The molecule has 0 aromatic carbocycles. The number of aromatic nitrogens is 3. The lowest BCUT2D eigenvalue weighted by molar-refractivity contribution is -0.127. The number of hydrogen-bond acceptors (Lipinski definition) is 5. The van der Waals surface area contributed by atoms with Crippen LogP contribution in [0, 0.1) is 0 Å². The van der Waals surface area contributed by atoms with E-state index in [1.807, 2.05) is 12.1 Å². The lowest BCUT2D eigenvalue weighted by Gasteiger charge is -2.14. The Morgan fingerprint density at radius 3 is 3.05 bits per heavy atom. The van der Waals surface area contributed by atoms with Crippen molar-refractivity contribution in [2.45, 2.75) is 43.3 Å². The number of carbonyl (C=O) groups is 1. The number of carbonyl (C=O) groups excluding carboxylic acids is 1. The van der Waals surface area contributed by atoms with Crippen molar-refractivity contribution >= 4 is 17.7 Å². The molecule has 0 saturated heterocycles.